The molecule has 0 aliphatic heterocycles. The number of rotatable bonds is 6. The lowest BCUT2D eigenvalue weighted by Crippen LogP contribution is -2.74. The molecule has 0 spiro atoms. The van der Waals surface area contributed by atoms with Gasteiger partial charge in [0.2, 0.25) is 0 Å². The highest BCUT2D eigenvalue weighted by molar-refractivity contribution is 5.89. The van der Waals surface area contributed by atoms with Gasteiger partial charge < -0.3 is 20.4 Å². The molecule has 2 aliphatic rings. The number of hydrogen-bond acceptors (Lipinski definition) is 4. The molecule has 0 radical (unpaired) electrons. The van der Waals surface area contributed by atoms with Crippen molar-refractivity contribution in [3.05, 3.63) is 0 Å². The van der Waals surface area contributed by atoms with Crippen LogP contribution in [-0.2, 0) is 19.2 Å². The molecule has 4 N–H and O–H groups in total. The minimum absolute atomic E-state index is 0.136. The Morgan fingerprint density at radius 3 is 1.88 bits per heavy atom. The summed E-state index contributed by atoms with van der Waals surface area (Å²) < 4.78 is 0. The summed E-state index contributed by atoms with van der Waals surface area (Å²) in [7, 11) is 0. The zero-order valence-electron chi connectivity index (χ0n) is 14.4. The Labute approximate surface area is 144 Å². The summed E-state index contributed by atoms with van der Waals surface area (Å²) in [5.74, 6) is -9.91. The van der Waals surface area contributed by atoms with Gasteiger partial charge in [-0.25, -0.2) is 0 Å². The standard InChI is InChI=1S/C17H24O8/c1-4-7(2)17(15(24)25)10-5-8(12(18)19)9(13(20)21)6-16(10,3)11(17)14(22)23/h7-11H,4-6H2,1-3H3,(H,18,19)(H,20,21)(H,22,23)(H,24,25). The van der Waals surface area contributed by atoms with Crippen LogP contribution in [-0.4, -0.2) is 44.3 Å². The molecule has 0 saturated heterocycles. The van der Waals surface area contributed by atoms with E-state index in [1.807, 2.05) is 0 Å². The van der Waals surface area contributed by atoms with Gasteiger partial charge in [-0.3, -0.25) is 19.2 Å². The Morgan fingerprint density at radius 2 is 1.52 bits per heavy atom. The summed E-state index contributed by atoms with van der Waals surface area (Å²) in [5.41, 5.74) is -2.63. The zero-order chi connectivity index (χ0) is 19.3. The van der Waals surface area contributed by atoms with E-state index < -0.39 is 64.3 Å². The van der Waals surface area contributed by atoms with Crippen molar-refractivity contribution in [3.8, 4) is 0 Å². The molecular formula is C17H24O8. The molecule has 2 rings (SSSR count). The predicted molar refractivity (Wildman–Crippen MR) is 83.7 cm³/mol. The zero-order valence-corrected chi connectivity index (χ0v) is 14.4. The van der Waals surface area contributed by atoms with Crippen LogP contribution in [0.3, 0.4) is 0 Å². The molecule has 0 aromatic carbocycles. The Hall–Kier alpha value is -2.12. The minimum Gasteiger partial charge on any atom is -0.481 e. The Kier molecular flexibility index (Phi) is 4.61. The highest BCUT2D eigenvalue weighted by Crippen LogP contribution is 2.73. The molecule has 2 saturated carbocycles. The van der Waals surface area contributed by atoms with E-state index in [4.69, 9.17) is 0 Å². The van der Waals surface area contributed by atoms with E-state index >= 15 is 0 Å². The molecule has 2 fully saturated rings. The van der Waals surface area contributed by atoms with Crippen molar-refractivity contribution in [2.75, 3.05) is 0 Å². The van der Waals surface area contributed by atoms with Crippen LogP contribution in [0.5, 0.6) is 0 Å². The van der Waals surface area contributed by atoms with Gasteiger partial charge in [0.15, 0.2) is 0 Å². The van der Waals surface area contributed by atoms with Crippen molar-refractivity contribution in [3.63, 3.8) is 0 Å². The quantitative estimate of drug-likeness (QED) is 0.561. The first kappa shape index (κ1) is 19.2. The molecule has 2 aliphatic carbocycles. The summed E-state index contributed by atoms with van der Waals surface area (Å²) >= 11 is 0. The summed E-state index contributed by atoms with van der Waals surface area (Å²) in [6.07, 6.45) is 0.151. The first-order valence-corrected chi connectivity index (χ1v) is 8.37. The molecule has 8 nitrogen and oxygen atoms in total. The van der Waals surface area contributed by atoms with Crippen molar-refractivity contribution in [2.45, 2.75) is 40.0 Å². The van der Waals surface area contributed by atoms with Gasteiger partial charge in [0.25, 0.3) is 0 Å². The molecule has 8 heteroatoms. The van der Waals surface area contributed by atoms with Crippen LogP contribution in [0.2, 0.25) is 0 Å². The summed E-state index contributed by atoms with van der Waals surface area (Å²) in [6, 6.07) is 0. The van der Waals surface area contributed by atoms with Gasteiger partial charge in [-0.2, -0.15) is 0 Å². The normalized spacial score (nSPS) is 41.1. The highest BCUT2D eigenvalue weighted by Gasteiger charge is 2.78. The number of carbonyl (C=O) groups is 4. The first-order chi connectivity index (χ1) is 11.5. The van der Waals surface area contributed by atoms with Gasteiger partial charge in [0.1, 0.15) is 0 Å². The first-order valence-electron chi connectivity index (χ1n) is 8.37. The van der Waals surface area contributed by atoms with Gasteiger partial charge in [-0.05, 0) is 30.1 Å². The third-order valence-electron chi connectivity index (χ3n) is 6.82. The second kappa shape index (κ2) is 6.00. The second-order valence-electron chi connectivity index (χ2n) is 7.71. The van der Waals surface area contributed by atoms with Crippen LogP contribution in [0.1, 0.15) is 40.0 Å². The molecule has 0 bridgehead atoms. The Balaban J connectivity index is 2.60. The number of fused-ring (bicyclic) bond motifs is 1. The average Bonchev–Trinajstić information content (AvgIpc) is 2.48. The number of hydrogen-bond donors (Lipinski definition) is 4. The summed E-state index contributed by atoms with van der Waals surface area (Å²) in [5, 5.41) is 38.5. The minimum atomic E-state index is -1.58. The lowest BCUT2D eigenvalue weighted by molar-refractivity contribution is -0.259. The number of carboxylic acid groups (broad SMARTS) is 4. The van der Waals surface area contributed by atoms with Crippen molar-refractivity contribution in [1.29, 1.82) is 0 Å². The molecule has 140 valence electrons. The summed E-state index contributed by atoms with van der Waals surface area (Å²) in [4.78, 5) is 47.2. The Morgan fingerprint density at radius 1 is 1.00 bits per heavy atom. The number of aliphatic carboxylic acids is 4. The van der Waals surface area contributed by atoms with Gasteiger partial charge in [-0.15, -0.1) is 0 Å². The van der Waals surface area contributed by atoms with E-state index in [-0.39, 0.29) is 12.8 Å². The second-order valence-corrected chi connectivity index (χ2v) is 7.71. The topological polar surface area (TPSA) is 149 Å². The van der Waals surface area contributed by atoms with Gasteiger partial charge in [0.05, 0.1) is 23.2 Å². The maximum Gasteiger partial charge on any atom is 0.311 e. The maximum absolute atomic E-state index is 12.2. The monoisotopic (exact) mass is 356 g/mol. The van der Waals surface area contributed by atoms with Gasteiger partial charge >= 0.3 is 23.9 Å². The molecule has 0 amide bonds. The van der Waals surface area contributed by atoms with Crippen molar-refractivity contribution in [1.82, 2.24) is 0 Å². The lowest BCUT2D eigenvalue weighted by atomic mass is 9.31. The van der Waals surface area contributed by atoms with Crippen molar-refractivity contribution < 1.29 is 39.6 Å². The molecule has 0 heterocycles. The maximum atomic E-state index is 12.2. The third-order valence-corrected chi connectivity index (χ3v) is 6.82. The Bertz CT molecular complexity index is 628. The lowest BCUT2D eigenvalue weighted by Gasteiger charge is -2.69. The van der Waals surface area contributed by atoms with Crippen molar-refractivity contribution >= 4 is 23.9 Å². The highest BCUT2D eigenvalue weighted by atomic mass is 16.4. The van der Waals surface area contributed by atoms with E-state index in [1.165, 1.54) is 0 Å². The molecular weight excluding hydrogens is 332 g/mol. The van der Waals surface area contributed by atoms with E-state index in [0.717, 1.165) is 0 Å². The van der Waals surface area contributed by atoms with E-state index in [1.54, 1.807) is 20.8 Å². The smallest absolute Gasteiger partial charge is 0.311 e. The molecule has 25 heavy (non-hydrogen) atoms. The van der Waals surface area contributed by atoms with Crippen LogP contribution < -0.4 is 0 Å². The van der Waals surface area contributed by atoms with Gasteiger partial charge in [0, 0.05) is 0 Å². The number of carboxylic acids is 4. The van der Waals surface area contributed by atoms with Crippen LogP contribution >= 0.6 is 0 Å². The van der Waals surface area contributed by atoms with Crippen LogP contribution in [0, 0.1) is 40.4 Å². The molecule has 0 aromatic rings. The molecule has 7 atom stereocenters. The van der Waals surface area contributed by atoms with E-state index in [0.29, 0.717) is 6.42 Å². The predicted octanol–water partition coefficient (Wildman–Crippen LogP) is 1.64. The average molecular weight is 356 g/mol. The van der Waals surface area contributed by atoms with E-state index in [9.17, 15) is 39.6 Å². The fourth-order valence-electron chi connectivity index (χ4n) is 5.62. The van der Waals surface area contributed by atoms with Gasteiger partial charge in [-0.1, -0.05) is 27.2 Å². The molecule has 0 aromatic heterocycles. The SMILES string of the molecule is CCC(C)C1(C(=O)O)C2CC(C(=O)O)C(C(=O)O)CC2(C)C1C(=O)O. The molecule has 7 unspecified atom stereocenters. The fourth-order valence-corrected chi connectivity index (χ4v) is 5.62. The van der Waals surface area contributed by atoms with Crippen LogP contribution in [0.25, 0.3) is 0 Å². The van der Waals surface area contributed by atoms with Crippen LogP contribution in [0.4, 0.5) is 0 Å². The summed E-state index contributed by atoms with van der Waals surface area (Å²) in [6.45, 7) is 5.03. The fraction of sp³-hybridized carbons (Fsp3) is 0.765. The van der Waals surface area contributed by atoms with E-state index in [2.05, 4.69) is 0 Å². The van der Waals surface area contributed by atoms with Crippen LogP contribution in [0.15, 0.2) is 0 Å². The van der Waals surface area contributed by atoms with Crippen molar-refractivity contribution in [2.24, 2.45) is 40.4 Å². The third kappa shape index (κ3) is 2.33. The largest absolute Gasteiger partial charge is 0.481 e.